The van der Waals surface area contributed by atoms with Gasteiger partial charge in [-0.25, -0.2) is 0 Å². The first-order valence-corrected chi connectivity index (χ1v) is 5.90. The van der Waals surface area contributed by atoms with Crippen LogP contribution in [0.1, 0.15) is 20.3 Å². The van der Waals surface area contributed by atoms with E-state index in [9.17, 15) is 4.79 Å². The number of rotatable bonds is 8. The molecule has 1 saturated heterocycles. The standard InChI is InChI=1S/C11H22N2O3/c1-3-13(5-6-16-4-2)11(7-10(14)15)8-12-9-11/h12H,3-9H2,1-2H3,(H,14,15). The fourth-order valence-corrected chi connectivity index (χ4v) is 2.21. The van der Waals surface area contributed by atoms with E-state index in [4.69, 9.17) is 9.84 Å². The Kier molecular flexibility index (Phi) is 5.18. The molecule has 1 heterocycles. The van der Waals surface area contributed by atoms with Gasteiger partial charge in [-0.3, -0.25) is 9.69 Å². The van der Waals surface area contributed by atoms with Crippen LogP contribution in [-0.4, -0.2) is 60.9 Å². The van der Waals surface area contributed by atoms with Crippen molar-refractivity contribution in [2.24, 2.45) is 0 Å². The Bertz CT molecular complexity index is 229. The van der Waals surface area contributed by atoms with Crippen molar-refractivity contribution in [2.75, 3.05) is 39.4 Å². The molecule has 0 bridgehead atoms. The number of carbonyl (C=O) groups is 1. The van der Waals surface area contributed by atoms with Gasteiger partial charge in [-0.1, -0.05) is 6.92 Å². The Morgan fingerprint density at radius 1 is 1.50 bits per heavy atom. The van der Waals surface area contributed by atoms with Crippen LogP contribution in [0.4, 0.5) is 0 Å². The molecule has 0 atom stereocenters. The van der Waals surface area contributed by atoms with Gasteiger partial charge in [-0.15, -0.1) is 0 Å². The van der Waals surface area contributed by atoms with E-state index in [1.54, 1.807) is 0 Å². The van der Waals surface area contributed by atoms with Gasteiger partial charge in [0.15, 0.2) is 0 Å². The Morgan fingerprint density at radius 3 is 2.56 bits per heavy atom. The minimum Gasteiger partial charge on any atom is -0.481 e. The van der Waals surface area contributed by atoms with Crippen LogP contribution in [0, 0.1) is 0 Å². The first-order chi connectivity index (χ1) is 7.64. The van der Waals surface area contributed by atoms with Gasteiger partial charge in [-0.05, 0) is 13.5 Å². The van der Waals surface area contributed by atoms with Crippen LogP contribution in [-0.2, 0) is 9.53 Å². The number of hydrogen-bond donors (Lipinski definition) is 2. The maximum Gasteiger partial charge on any atom is 0.305 e. The fourth-order valence-electron chi connectivity index (χ4n) is 2.21. The summed E-state index contributed by atoms with van der Waals surface area (Å²) < 4.78 is 5.33. The lowest BCUT2D eigenvalue weighted by Gasteiger charge is -2.49. The van der Waals surface area contributed by atoms with Crippen LogP contribution in [0.15, 0.2) is 0 Å². The lowest BCUT2D eigenvalue weighted by molar-refractivity contribution is -0.142. The van der Waals surface area contributed by atoms with Gasteiger partial charge < -0.3 is 15.2 Å². The van der Waals surface area contributed by atoms with E-state index >= 15 is 0 Å². The predicted octanol–water partition coefficient (Wildman–Crippen LogP) is 0.162. The van der Waals surface area contributed by atoms with Crippen molar-refractivity contribution < 1.29 is 14.6 Å². The lowest BCUT2D eigenvalue weighted by Crippen LogP contribution is -2.70. The molecule has 1 fully saturated rings. The molecule has 0 saturated carbocycles. The third kappa shape index (κ3) is 3.17. The summed E-state index contributed by atoms with van der Waals surface area (Å²) in [5, 5.41) is 12.1. The number of hydrogen-bond acceptors (Lipinski definition) is 4. The van der Waals surface area contributed by atoms with Gasteiger partial charge in [-0.2, -0.15) is 0 Å². The summed E-state index contributed by atoms with van der Waals surface area (Å²) >= 11 is 0. The largest absolute Gasteiger partial charge is 0.481 e. The third-order valence-electron chi connectivity index (χ3n) is 3.15. The van der Waals surface area contributed by atoms with E-state index in [0.717, 1.165) is 26.2 Å². The molecule has 0 unspecified atom stereocenters. The second-order valence-corrected chi connectivity index (χ2v) is 4.18. The summed E-state index contributed by atoms with van der Waals surface area (Å²) in [7, 11) is 0. The summed E-state index contributed by atoms with van der Waals surface area (Å²) in [6.45, 7) is 8.61. The SMILES string of the molecule is CCOCCN(CC)C1(CC(=O)O)CNC1. The van der Waals surface area contributed by atoms with E-state index in [2.05, 4.69) is 17.1 Å². The number of carboxylic acid groups (broad SMARTS) is 1. The Hall–Kier alpha value is -0.650. The Morgan fingerprint density at radius 2 is 2.19 bits per heavy atom. The summed E-state index contributed by atoms with van der Waals surface area (Å²) in [4.78, 5) is 13.1. The molecule has 16 heavy (non-hydrogen) atoms. The zero-order valence-electron chi connectivity index (χ0n) is 10.2. The van der Waals surface area contributed by atoms with Crippen LogP contribution >= 0.6 is 0 Å². The molecule has 94 valence electrons. The van der Waals surface area contributed by atoms with Crippen molar-refractivity contribution in [3.8, 4) is 0 Å². The van der Waals surface area contributed by atoms with Crippen LogP contribution in [0.25, 0.3) is 0 Å². The summed E-state index contributed by atoms with van der Waals surface area (Å²) in [6, 6.07) is 0. The lowest BCUT2D eigenvalue weighted by atomic mass is 9.86. The monoisotopic (exact) mass is 230 g/mol. The molecular formula is C11H22N2O3. The number of carboxylic acids is 1. The predicted molar refractivity (Wildman–Crippen MR) is 61.6 cm³/mol. The van der Waals surface area contributed by atoms with E-state index in [1.807, 2.05) is 6.92 Å². The Balaban J connectivity index is 2.50. The highest BCUT2D eigenvalue weighted by Gasteiger charge is 2.43. The molecule has 5 heteroatoms. The quantitative estimate of drug-likeness (QED) is 0.582. The van der Waals surface area contributed by atoms with E-state index in [1.165, 1.54) is 0 Å². The van der Waals surface area contributed by atoms with Crippen LogP contribution in [0.3, 0.4) is 0 Å². The van der Waals surface area contributed by atoms with Crippen molar-refractivity contribution in [2.45, 2.75) is 25.8 Å². The average molecular weight is 230 g/mol. The summed E-state index contributed by atoms with van der Waals surface area (Å²) in [5.41, 5.74) is -0.197. The Labute approximate surface area is 96.8 Å². The van der Waals surface area contributed by atoms with E-state index in [-0.39, 0.29) is 12.0 Å². The number of aliphatic carboxylic acids is 1. The molecule has 0 spiro atoms. The van der Waals surface area contributed by atoms with Gasteiger partial charge in [0.2, 0.25) is 0 Å². The highest BCUT2D eigenvalue weighted by molar-refractivity contribution is 5.68. The molecule has 0 aromatic heterocycles. The molecule has 2 N–H and O–H groups in total. The number of ether oxygens (including phenoxy) is 1. The molecule has 5 nitrogen and oxygen atoms in total. The van der Waals surface area contributed by atoms with Crippen molar-refractivity contribution in [1.82, 2.24) is 10.2 Å². The number of likely N-dealkylation sites (N-methyl/N-ethyl adjacent to an activating group) is 1. The zero-order valence-corrected chi connectivity index (χ0v) is 10.2. The van der Waals surface area contributed by atoms with Gasteiger partial charge in [0.05, 0.1) is 18.6 Å². The van der Waals surface area contributed by atoms with Crippen molar-refractivity contribution in [1.29, 1.82) is 0 Å². The highest BCUT2D eigenvalue weighted by atomic mass is 16.5. The second-order valence-electron chi connectivity index (χ2n) is 4.18. The topological polar surface area (TPSA) is 61.8 Å². The normalized spacial score (nSPS) is 18.4. The first kappa shape index (κ1) is 13.4. The number of nitrogens with zero attached hydrogens (tertiary/aromatic N) is 1. The fraction of sp³-hybridized carbons (Fsp3) is 0.909. The molecule has 1 aliphatic heterocycles. The molecule has 0 amide bonds. The zero-order chi connectivity index (χ0) is 12.0. The van der Waals surface area contributed by atoms with Crippen molar-refractivity contribution >= 4 is 5.97 Å². The maximum atomic E-state index is 10.9. The molecular weight excluding hydrogens is 208 g/mol. The van der Waals surface area contributed by atoms with Gasteiger partial charge in [0, 0.05) is 26.2 Å². The number of nitrogens with one attached hydrogen (secondary N) is 1. The second kappa shape index (κ2) is 6.18. The van der Waals surface area contributed by atoms with Crippen LogP contribution in [0.5, 0.6) is 0 Å². The maximum absolute atomic E-state index is 10.9. The highest BCUT2D eigenvalue weighted by Crippen LogP contribution is 2.24. The minimum absolute atomic E-state index is 0.197. The van der Waals surface area contributed by atoms with Crippen molar-refractivity contribution in [3.05, 3.63) is 0 Å². The van der Waals surface area contributed by atoms with Gasteiger partial charge >= 0.3 is 5.97 Å². The molecule has 0 radical (unpaired) electrons. The van der Waals surface area contributed by atoms with Crippen LogP contribution in [0.2, 0.25) is 0 Å². The average Bonchev–Trinajstić information content (AvgIpc) is 2.19. The van der Waals surface area contributed by atoms with E-state index < -0.39 is 5.97 Å². The van der Waals surface area contributed by atoms with Crippen molar-refractivity contribution in [3.63, 3.8) is 0 Å². The summed E-state index contributed by atoms with van der Waals surface area (Å²) in [5.74, 6) is -0.726. The van der Waals surface area contributed by atoms with E-state index in [0.29, 0.717) is 13.2 Å². The molecule has 0 aromatic carbocycles. The molecule has 1 aliphatic rings. The smallest absolute Gasteiger partial charge is 0.305 e. The van der Waals surface area contributed by atoms with Gasteiger partial charge in [0.25, 0.3) is 0 Å². The summed E-state index contributed by atoms with van der Waals surface area (Å²) in [6.07, 6.45) is 0.208. The third-order valence-corrected chi connectivity index (χ3v) is 3.15. The van der Waals surface area contributed by atoms with Crippen LogP contribution < -0.4 is 5.32 Å². The molecule has 0 aliphatic carbocycles. The minimum atomic E-state index is -0.726. The molecule has 0 aromatic rings. The first-order valence-electron chi connectivity index (χ1n) is 5.90. The van der Waals surface area contributed by atoms with Gasteiger partial charge in [0.1, 0.15) is 0 Å². The molecule has 1 rings (SSSR count).